The molecule has 1 aliphatic carbocycles. The number of hydrogen-bond acceptors (Lipinski definition) is 3. The topological polar surface area (TPSA) is 58.6 Å². The number of nitrogens with one attached hydrogen (secondary N) is 1. The number of fused-ring (bicyclic) bond motifs is 2. The Kier molecular flexibility index (Phi) is 9.74. The normalized spacial score (nSPS) is 21.5. The number of unbranched alkanes of at least 4 members (excludes halogenated alkanes) is 7. The van der Waals surface area contributed by atoms with Gasteiger partial charge in [0.2, 0.25) is 0 Å². The third kappa shape index (κ3) is 8.09. The van der Waals surface area contributed by atoms with E-state index in [2.05, 4.69) is 37.9 Å². The molecule has 4 rings (SSSR count). The molecule has 2 atom stereocenters. The van der Waals surface area contributed by atoms with Crippen LogP contribution in [0.25, 0.3) is 0 Å². The zero-order valence-corrected chi connectivity index (χ0v) is 24.6. The fraction of sp³-hybridized carbons (Fsp3) is 0.588. The predicted octanol–water partition coefficient (Wildman–Crippen LogP) is 8.50. The van der Waals surface area contributed by atoms with Crippen molar-refractivity contribution in [3.05, 3.63) is 59.7 Å². The summed E-state index contributed by atoms with van der Waals surface area (Å²) in [5, 5.41) is 2.95. The third-order valence-corrected chi connectivity index (χ3v) is 8.45. The minimum absolute atomic E-state index is 0.0989. The van der Waals surface area contributed by atoms with Gasteiger partial charge < -0.3 is 15.0 Å². The number of rotatable bonds is 13. The Morgan fingerprint density at radius 1 is 0.846 bits per heavy atom. The highest BCUT2D eigenvalue weighted by Gasteiger charge is 2.51. The molecule has 1 N–H and O–H groups in total. The van der Waals surface area contributed by atoms with Gasteiger partial charge in [0, 0.05) is 29.4 Å². The van der Waals surface area contributed by atoms with Gasteiger partial charge in [-0.25, -0.2) is 0 Å². The number of carbonyl (C=O) groups excluding carboxylic acids is 2. The maximum absolute atomic E-state index is 13.3. The zero-order valence-electron chi connectivity index (χ0n) is 24.6. The second-order valence-corrected chi connectivity index (χ2v) is 13.0. The summed E-state index contributed by atoms with van der Waals surface area (Å²) in [5.41, 5.74) is 2.43. The Balaban J connectivity index is 1.21. The van der Waals surface area contributed by atoms with Crippen molar-refractivity contribution in [2.24, 2.45) is 10.8 Å². The van der Waals surface area contributed by atoms with Crippen molar-refractivity contribution in [2.45, 2.75) is 104 Å². The Morgan fingerprint density at radius 2 is 1.46 bits per heavy atom. The molecule has 5 heteroatoms. The van der Waals surface area contributed by atoms with Gasteiger partial charge in [0.25, 0.3) is 11.8 Å². The van der Waals surface area contributed by atoms with Crippen molar-refractivity contribution in [3.8, 4) is 5.75 Å². The lowest BCUT2D eigenvalue weighted by Gasteiger charge is -2.39. The van der Waals surface area contributed by atoms with Crippen LogP contribution in [0.1, 0.15) is 119 Å². The molecule has 1 saturated heterocycles. The summed E-state index contributed by atoms with van der Waals surface area (Å²) in [4.78, 5) is 28.2. The number of hydrogen-bond donors (Lipinski definition) is 1. The number of amides is 2. The van der Waals surface area contributed by atoms with E-state index in [1.807, 2.05) is 36.4 Å². The van der Waals surface area contributed by atoms with Crippen molar-refractivity contribution in [1.29, 1.82) is 0 Å². The maximum Gasteiger partial charge on any atom is 0.255 e. The molecule has 212 valence electrons. The molecule has 1 aliphatic heterocycles. The minimum atomic E-state index is -0.174. The highest BCUT2D eigenvalue weighted by atomic mass is 16.5. The summed E-state index contributed by atoms with van der Waals surface area (Å²) < 4.78 is 5.86. The summed E-state index contributed by atoms with van der Waals surface area (Å²) in [6, 6.07) is 14.9. The van der Waals surface area contributed by atoms with E-state index >= 15 is 0 Å². The lowest BCUT2D eigenvalue weighted by molar-refractivity contribution is 0.0708. The van der Waals surface area contributed by atoms with E-state index in [4.69, 9.17) is 4.74 Å². The molecular formula is C34H48N2O3. The van der Waals surface area contributed by atoms with Crippen LogP contribution in [0, 0.1) is 10.8 Å². The van der Waals surface area contributed by atoms with Gasteiger partial charge in [0.15, 0.2) is 0 Å². The number of anilines is 1. The fourth-order valence-electron chi connectivity index (χ4n) is 6.89. The average molecular weight is 533 g/mol. The highest BCUT2D eigenvalue weighted by Crippen LogP contribution is 2.52. The molecule has 0 unspecified atom stereocenters. The first kappa shape index (κ1) is 29.2. The van der Waals surface area contributed by atoms with Crippen LogP contribution < -0.4 is 10.1 Å². The molecule has 0 radical (unpaired) electrons. The molecule has 1 heterocycles. The summed E-state index contributed by atoms with van der Waals surface area (Å²) >= 11 is 0. The van der Waals surface area contributed by atoms with Crippen molar-refractivity contribution >= 4 is 17.5 Å². The highest BCUT2D eigenvalue weighted by molar-refractivity contribution is 6.04. The van der Waals surface area contributed by atoms with Crippen LogP contribution in [0.3, 0.4) is 0 Å². The van der Waals surface area contributed by atoms with Crippen molar-refractivity contribution in [1.82, 2.24) is 4.90 Å². The molecule has 5 nitrogen and oxygen atoms in total. The van der Waals surface area contributed by atoms with Crippen molar-refractivity contribution in [2.75, 3.05) is 18.5 Å². The summed E-state index contributed by atoms with van der Waals surface area (Å²) in [7, 11) is 0. The van der Waals surface area contributed by atoms with E-state index in [9.17, 15) is 9.59 Å². The van der Waals surface area contributed by atoms with Gasteiger partial charge in [0.1, 0.15) is 5.75 Å². The molecule has 0 spiro atoms. The van der Waals surface area contributed by atoms with Gasteiger partial charge in [-0.05, 0) is 85.0 Å². The Labute approximate surface area is 235 Å². The second kappa shape index (κ2) is 13.0. The standard InChI is InChI=1S/C34H48N2O3/c1-5-6-7-8-9-10-11-12-21-39-30-19-15-26(16-20-30)31(37)35-28-17-13-27(14-18-28)32(38)36-25-34(4)23-29(36)22-33(2,3)24-34/h13-20,29H,5-12,21-25H2,1-4H3,(H,35,37)/t29-,34+/m1/s1. The van der Waals surface area contributed by atoms with Crippen molar-refractivity contribution in [3.63, 3.8) is 0 Å². The molecule has 2 bridgehead atoms. The van der Waals surface area contributed by atoms with E-state index in [1.54, 1.807) is 12.1 Å². The molecule has 0 aromatic heterocycles. The Hall–Kier alpha value is -2.82. The van der Waals surface area contributed by atoms with Crippen LogP contribution >= 0.6 is 0 Å². The molecule has 2 aliphatic rings. The lowest BCUT2D eigenvalue weighted by Crippen LogP contribution is -2.37. The molecule has 2 amide bonds. The first-order valence-electron chi connectivity index (χ1n) is 15.1. The van der Waals surface area contributed by atoms with Gasteiger partial charge in [-0.3, -0.25) is 9.59 Å². The largest absolute Gasteiger partial charge is 0.494 e. The number of nitrogens with zero attached hydrogens (tertiary/aromatic N) is 1. The lowest BCUT2D eigenvalue weighted by atomic mass is 9.65. The van der Waals surface area contributed by atoms with E-state index in [0.29, 0.717) is 29.5 Å². The minimum Gasteiger partial charge on any atom is -0.494 e. The van der Waals surface area contributed by atoms with Crippen LogP contribution in [-0.4, -0.2) is 35.9 Å². The van der Waals surface area contributed by atoms with Crippen molar-refractivity contribution < 1.29 is 14.3 Å². The third-order valence-electron chi connectivity index (χ3n) is 8.45. The van der Waals surface area contributed by atoms with Crippen LogP contribution in [0.5, 0.6) is 5.75 Å². The second-order valence-electron chi connectivity index (χ2n) is 13.0. The number of benzene rings is 2. The Morgan fingerprint density at radius 3 is 2.13 bits per heavy atom. The first-order valence-corrected chi connectivity index (χ1v) is 15.1. The maximum atomic E-state index is 13.3. The van der Waals surface area contributed by atoms with Gasteiger partial charge in [-0.15, -0.1) is 0 Å². The monoisotopic (exact) mass is 532 g/mol. The smallest absolute Gasteiger partial charge is 0.255 e. The van der Waals surface area contributed by atoms with Crippen LogP contribution in [0.4, 0.5) is 5.69 Å². The predicted molar refractivity (Wildman–Crippen MR) is 160 cm³/mol. The molecule has 39 heavy (non-hydrogen) atoms. The van der Waals surface area contributed by atoms with E-state index < -0.39 is 0 Å². The van der Waals surface area contributed by atoms with Crippen LogP contribution in [0.2, 0.25) is 0 Å². The number of likely N-dealkylation sites (tertiary alicyclic amines) is 1. The molecule has 2 fully saturated rings. The fourth-order valence-corrected chi connectivity index (χ4v) is 6.89. The van der Waals surface area contributed by atoms with Crippen LogP contribution in [0.15, 0.2) is 48.5 Å². The van der Waals surface area contributed by atoms with Gasteiger partial charge >= 0.3 is 0 Å². The summed E-state index contributed by atoms with van der Waals surface area (Å²) in [5.74, 6) is 0.718. The average Bonchev–Trinajstić information content (AvgIpc) is 3.16. The van der Waals surface area contributed by atoms with Gasteiger partial charge in [-0.1, -0.05) is 72.6 Å². The SMILES string of the molecule is CCCCCCCCCCOc1ccc(C(=O)Nc2ccc(C(=O)N3C[C@@]4(C)C[C@H]3CC(C)(C)C4)cc2)cc1. The van der Waals surface area contributed by atoms with E-state index in [-0.39, 0.29) is 22.6 Å². The van der Waals surface area contributed by atoms with Gasteiger partial charge in [0.05, 0.1) is 6.61 Å². The van der Waals surface area contributed by atoms with E-state index in [0.717, 1.165) is 38.0 Å². The van der Waals surface area contributed by atoms with Gasteiger partial charge in [-0.2, -0.15) is 0 Å². The summed E-state index contributed by atoms with van der Waals surface area (Å²) in [6.45, 7) is 10.8. The molecule has 2 aromatic carbocycles. The quantitative estimate of drug-likeness (QED) is 0.263. The van der Waals surface area contributed by atoms with E-state index in [1.165, 1.54) is 44.9 Å². The van der Waals surface area contributed by atoms with Crippen LogP contribution in [-0.2, 0) is 0 Å². The molecular weight excluding hydrogens is 484 g/mol. The zero-order chi connectivity index (χ0) is 27.9. The molecule has 1 saturated carbocycles. The number of carbonyl (C=O) groups is 2. The summed E-state index contributed by atoms with van der Waals surface area (Å²) in [6.07, 6.45) is 13.5. The molecule has 2 aromatic rings. The number of ether oxygens (including phenoxy) is 1. The first-order chi connectivity index (χ1) is 18.7. The Bertz CT molecular complexity index is 1090.